The summed E-state index contributed by atoms with van der Waals surface area (Å²) in [6, 6.07) is 11.8. The van der Waals surface area contributed by atoms with Crippen LogP contribution in [0, 0.1) is 0 Å². The fourth-order valence-corrected chi connectivity index (χ4v) is 3.92. The molecular formula is C24H26F2IN7O. The van der Waals surface area contributed by atoms with Gasteiger partial charge in [-0.3, -0.25) is 0 Å². The number of morpholine rings is 1. The summed E-state index contributed by atoms with van der Waals surface area (Å²) in [5, 5.41) is 7.46. The molecule has 0 radical (unpaired) electrons. The van der Waals surface area contributed by atoms with Gasteiger partial charge in [0.1, 0.15) is 5.82 Å². The highest BCUT2D eigenvalue weighted by Gasteiger charge is 2.26. The summed E-state index contributed by atoms with van der Waals surface area (Å²) in [6.45, 7) is 4.99. The number of hydrazone groups is 1. The smallest absolute Gasteiger partial charge is 0.321 e. The third-order valence-electron chi connectivity index (χ3n) is 5.29. The van der Waals surface area contributed by atoms with E-state index in [-0.39, 0.29) is 5.56 Å². The van der Waals surface area contributed by atoms with E-state index in [0.29, 0.717) is 30.5 Å². The number of pyridine rings is 1. The minimum absolute atomic E-state index is 0.0529. The van der Waals surface area contributed by atoms with E-state index in [2.05, 4.69) is 42.6 Å². The monoisotopic (exact) mass is 593 g/mol. The summed E-state index contributed by atoms with van der Waals surface area (Å²) in [4.78, 5) is 15.6. The van der Waals surface area contributed by atoms with Crippen LogP contribution in [0.5, 0.6) is 0 Å². The molecule has 1 aliphatic rings. The second-order valence-electron chi connectivity index (χ2n) is 7.89. The Morgan fingerprint density at radius 2 is 2.00 bits per heavy atom. The number of benzene rings is 1. The molecule has 1 aromatic carbocycles. The van der Waals surface area contributed by atoms with E-state index >= 15 is 0 Å². The highest BCUT2D eigenvalue weighted by Crippen LogP contribution is 2.36. The molecule has 11 heteroatoms. The third-order valence-corrected chi connectivity index (χ3v) is 5.91. The Kier molecular flexibility index (Phi) is 8.39. The van der Waals surface area contributed by atoms with Crippen molar-refractivity contribution in [1.29, 1.82) is 0 Å². The van der Waals surface area contributed by atoms with Crippen LogP contribution in [0.25, 0.3) is 0 Å². The molecule has 1 aliphatic heterocycles. The van der Waals surface area contributed by atoms with Gasteiger partial charge in [0.15, 0.2) is 0 Å². The van der Waals surface area contributed by atoms with Crippen molar-refractivity contribution in [3.63, 3.8) is 0 Å². The van der Waals surface area contributed by atoms with E-state index in [1.54, 1.807) is 24.5 Å². The maximum Gasteiger partial charge on any atom is 0.321 e. The lowest BCUT2D eigenvalue weighted by Gasteiger charge is -2.27. The number of nitrogens with zero attached hydrogens (tertiary/aromatic N) is 5. The van der Waals surface area contributed by atoms with E-state index in [1.165, 1.54) is 12.1 Å². The van der Waals surface area contributed by atoms with Crippen LogP contribution >= 0.6 is 22.6 Å². The van der Waals surface area contributed by atoms with Crippen LogP contribution in [-0.2, 0) is 15.1 Å². The average molecular weight is 593 g/mol. The summed E-state index contributed by atoms with van der Waals surface area (Å²) in [5.41, 5.74) is 5.64. The number of hydrogen-bond acceptors (Lipinski definition) is 8. The summed E-state index contributed by atoms with van der Waals surface area (Å²) < 4.78 is 29.8. The zero-order valence-corrected chi connectivity index (χ0v) is 21.4. The first-order valence-electron chi connectivity index (χ1n) is 11.3. The molecule has 0 bridgehead atoms. The van der Waals surface area contributed by atoms with Crippen LogP contribution in [0.1, 0.15) is 30.3 Å². The van der Waals surface area contributed by atoms with E-state index in [0.717, 1.165) is 65.7 Å². The minimum Gasteiger partial charge on any atom is -0.378 e. The van der Waals surface area contributed by atoms with E-state index in [4.69, 9.17) is 4.74 Å². The Hall–Kier alpha value is -2.93. The fourth-order valence-electron chi connectivity index (χ4n) is 3.59. The number of anilines is 4. The molecule has 1 fully saturated rings. The number of aromatic nitrogens is 3. The van der Waals surface area contributed by atoms with E-state index in [9.17, 15) is 8.78 Å². The van der Waals surface area contributed by atoms with Gasteiger partial charge in [-0.15, -0.1) is 0 Å². The van der Waals surface area contributed by atoms with Crippen molar-refractivity contribution in [2.75, 3.05) is 41.9 Å². The summed E-state index contributed by atoms with van der Waals surface area (Å²) in [5.74, 6) is 1.22. The molecule has 2 N–H and O–H groups in total. The number of alkyl halides is 3. The maximum atomic E-state index is 13.7. The average Bonchev–Trinajstić information content (AvgIpc) is 2.86. The van der Waals surface area contributed by atoms with Crippen LogP contribution in [0.15, 0.2) is 53.8 Å². The highest BCUT2D eigenvalue weighted by atomic mass is 127. The first kappa shape index (κ1) is 25.2. The van der Waals surface area contributed by atoms with Crippen molar-refractivity contribution < 1.29 is 13.5 Å². The van der Waals surface area contributed by atoms with Crippen LogP contribution in [0.4, 0.5) is 31.9 Å². The van der Waals surface area contributed by atoms with Crippen molar-refractivity contribution in [3.05, 3.63) is 65.6 Å². The predicted molar refractivity (Wildman–Crippen MR) is 142 cm³/mol. The molecule has 0 atom stereocenters. The quantitative estimate of drug-likeness (QED) is 0.150. The number of rotatable bonds is 9. The number of nitrogens with one attached hydrogen (secondary N) is 2. The zero-order chi connectivity index (χ0) is 24.7. The Balaban J connectivity index is 1.45. The number of ether oxygens (including phenoxy) is 1. The minimum atomic E-state index is -2.93. The molecule has 8 nitrogen and oxygen atoms in total. The molecular weight excluding hydrogens is 567 g/mol. The molecule has 2 aromatic heterocycles. The second-order valence-corrected chi connectivity index (χ2v) is 9.25. The Morgan fingerprint density at radius 3 is 2.77 bits per heavy atom. The molecule has 35 heavy (non-hydrogen) atoms. The fraction of sp³-hybridized carbons (Fsp3) is 0.333. The molecule has 184 valence electrons. The van der Waals surface area contributed by atoms with E-state index < -0.39 is 3.93 Å². The van der Waals surface area contributed by atoms with Gasteiger partial charge < -0.3 is 15.0 Å². The van der Waals surface area contributed by atoms with Gasteiger partial charge in [0.05, 0.1) is 36.5 Å². The van der Waals surface area contributed by atoms with Gasteiger partial charge in [0.25, 0.3) is 0 Å². The van der Waals surface area contributed by atoms with Crippen molar-refractivity contribution in [2.45, 2.75) is 23.7 Å². The lowest BCUT2D eigenvalue weighted by molar-refractivity contribution is 0.122. The third kappa shape index (κ3) is 7.04. The molecule has 0 spiro atoms. The standard InChI is InChI=1S/C24H26F2IN7O/c1-2-4-20-21(30-18-6-3-5-17(15-18)24(25,26)27)8-7-19(31-20)16-29-33-23-28-10-9-22(32-23)34-11-13-35-14-12-34/h3,5-10,15-16,30H,2,4,11-14H2,1H3,(H,28,32,33)/b29-16+. The van der Waals surface area contributed by atoms with Gasteiger partial charge >= 0.3 is 3.93 Å². The van der Waals surface area contributed by atoms with Crippen molar-refractivity contribution in [1.82, 2.24) is 15.0 Å². The van der Waals surface area contributed by atoms with Crippen molar-refractivity contribution in [2.24, 2.45) is 5.10 Å². The Morgan fingerprint density at radius 1 is 1.17 bits per heavy atom. The summed E-state index contributed by atoms with van der Waals surface area (Å²) in [7, 11) is 0. The van der Waals surface area contributed by atoms with Gasteiger partial charge in [-0.25, -0.2) is 15.4 Å². The Bertz CT molecular complexity index is 1170. The SMILES string of the molecule is CCCc1nc(/C=N/Nc2nccc(N3CCOCC3)n2)ccc1Nc1cccc(C(F)(F)I)c1. The van der Waals surface area contributed by atoms with Crippen LogP contribution in [0.3, 0.4) is 0 Å². The summed E-state index contributed by atoms with van der Waals surface area (Å²) in [6.07, 6.45) is 4.90. The molecule has 0 unspecified atom stereocenters. The van der Waals surface area contributed by atoms with E-state index in [1.807, 2.05) is 18.2 Å². The van der Waals surface area contributed by atoms with Crippen molar-refractivity contribution in [3.8, 4) is 0 Å². The first-order chi connectivity index (χ1) is 16.9. The molecule has 1 saturated heterocycles. The lowest BCUT2D eigenvalue weighted by atomic mass is 10.1. The first-order valence-corrected chi connectivity index (χ1v) is 12.4. The maximum absolute atomic E-state index is 13.7. The topological polar surface area (TPSA) is 87.6 Å². The lowest BCUT2D eigenvalue weighted by Crippen LogP contribution is -2.36. The van der Waals surface area contributed by atoms with Crippen LogP contribution in [0.2, 0.25) is 0 Å². The molecule has 4 rings (SSSR count). The number of aryl methyl sites for hydroxylation is 1. The largest absolute Gasteiger partial charge is 0.378 e. The second kappa shape index (κ2) is 11.7. The van der Waals surface area contributed by atoms with Crippen molar-refractivity contribution >= 4 is 51.9 Å². The highest BCUT2D eigenvalue weighted by molar-refractivity contribution is 14.1. The van der Waals surface area contributed by atoms with Gasteiger partial charge in [-0.2, -0.15) is 18.9 Å². The molecule has 0 aliphatic carbocycles. The van der Waals surface area contributed by atoms with Crippen LogP contribution in [-0.4, -0.2) is 47.5 Å². The van der Waals surface area contributed by atoms with Gasteiger partial charge in [-0.05, 0) is 36.8 Å². The molecule has 3 aromatic rings. The summed E-state index contributed by atoms with van der Waals surface area (Å²) >= 11 is 1.13. The van der Waals surface area contributed by atoms with Gasteiger partial charge in [0, 0.05) is 53.1 Å². The molecule has 3 heterocycles. The number of halogens is 3. The molecule has 0 saturated carbocycles. The Labute approximate surface area is 216 Å². The molecule has 0 amide bonds. The number of hydrogen-bond donors (Lipinski definition) is 2. The normalized spacial score (nSPS) is 14.3. The zero-order valence-electron chi connectivity index (χ0n) is 19.2. The van der Waals surface area contributed by atoms with Crippen LogP contribution < -0.4 is 15.6 Å². The van der Waals surface area contributed by atoms with Gasteiger partial charge in [-0.1, -0.05) is 25.5 Å². The van der Waals surface area contributed by atoms with Gasteiger partial charge in [0.2, 0.25) is 5.95 Å². The predicted octanol–water partition coefficient (Wildman–Crippen LogP) is 5.33.